The molecule has 0 unspecified atom stereocenters. The molecule has 8 heteroatoms. The van der Waals surface area contributed by atoms with Gasteiger partial charge in [-0.1, -0.05) is 0 Å². The van der Waals surface area contributed by atoms with Gasteiger partial charge in [0.1, 0.15) is 16.2 Å². The number of anilines is 1. The molecule has 1 aromatic heterocycles. The highest BCUT2D eigenvalue weighted by molar-refractivity contribution is 9.10. The number of nitrogens with two attached hydrogens (primary N) is 1. The summed E-state index contributed by atoms with van der Waals surface area (Å²) in [5.74, 6) is 2.13. The molecule has 0 spiro atoms. The first-order chi connectivity index (χ1) is 10.1. The molecule has 2 N–H and O–H groups in total. The van der Waals surface area contributed by atoms with Crippen molar-refractivity contribution in [3.63, 3.8) is 0 Å². The summed E-state index contributed by atoms with van der Waals surface area (Å²) in [6.45, 7) is 0. The molecule has 0 radical (unpaired) electrons. The number of methoxy groups -OCH3 is 3. The van der Waals surface area contributed by atoms with Gasteiger partial charge in [-0.2, -0.15) is 9.97 Å². The zero-order chi connectivity index (χ0) is 15.4. The summed E-state index contributed by atoms with van der Waals surface area (Å²) in [7, 11) is 4.57. The Bertz CT molecular complexity index is 606. The first kappa shape index (κ1) is 15.2. The van der Waals surface area contributed by atoms with Gasteiger partial charge in [0.15, 0.2) is 11.5 Å². The van der Waals surface area contributed by atoms with Crippen LogP contribution in [0.1, 0.15) is 0 Å². The maximum atomic E-state index is 5.64. The van der Waals surface area contributed by atoms with Gasteiger partial charge in [0.25, 0.3) is 0 Å². The van der Waals surface area contributed by atoms with E-state index in [2.05, 4.69) is 25.9 Å². The van der Waals surface area contributed by atoms with Crippen molar-refractivity contribution in [1.82, 2.24) is 9.97 Å². The van der Waals surface area contributed by atoms with Crippen LogP contribution in [0.3, 0.4) is 0 Å². The average Bonchev–Trinajstić information content (AvgIpc) is 2.45. The highest BCUT2D eigenvalue weighted by Gasteiger charge is 2.15. The zero-order valence-electron chi connectivity index (χ0n) is 11.7. The lowest BCUT2D eigenvalue weighted by molar-refractivity contribution is 0.320. The predicted octanol–water partition coefficient (Wildman–Crippen LogP) is 2.64. The van der Waals surface area contributed by atoms with Crippen molar-refractivity contribution in [1.29, 1.82) is 0 Å². The standard InChI is InChI=1S/C13H14BrN3O4/c1-18-8-4-7(5-9(19-2)12(8)20-3)21-13-16-10(14)6-11(15)17-13/h4-6H,1-3H3,(H2,15,16,17). The minimum atomic E-state index is 0.108. The van der Waals surface area contributed by atoms with Crippen LogP contribution in [0.4, 0.5) is 5.82 Å². The van der Waals surface area contributed by atoms with Gasteiger partial charge in [0.05, 0.1) is 21.3 Å². The lowest BCUT2D eigenvalue weighted by Crippen LogP contribution is -1.99. The topological polar surface area (TPSA) is 88.7 Å². The van der Waals surface area contributed by atoms with Crippen molar-refractivity contribution < 1.29 is 18.9 Å². The number of ether oxygens (including phenoxy) is 4. The molecule has 0 aliphatic rings. The number of aromatic nitrogens is 2. The SMILES string of the molecule is COc1cc(Oc2nc(N)cc(Br)n2)cc(OC)c1OC. The number of benzene rings is 1. The quantitative estimate of drug-likeness (QED) is 0.824. The van der Waals surface area contributed by atoms with E-state index in [1.54, 1.807) is 18.2 Å². The van der Waals surface area contributed by atoms with Crippen LogP contribution < -0.4 is 24.7 Å². The van der Waals surface area contributed by atoms with Gasteiger partial charge in [-0.25, -0.2) is 0 Å². The molecule has 0 aliphatic heterocycles. The maximum absolute atomic E-state index is 5.64. The minimum absolute atomic E-state index is 0.108. The summed E-state index contributed by atoms with van der Waals surface area (Å²) in [6.07, 6.45) is 0. The third-order valence-corrected chi connectivity index (χ3v) is 2.95. The first-order valence-corrected chi connectivity index (χ1v) is 6.64. The molecular weight excluding hydrogens is 342 g/mol. The van der Waals surface area contributed by atoms with Gasteiger partial charge < -0.3 is 24.7 Å². The molecule has 0 fully saturated rings. The Morgan fingerprint density at radius 3 is 2.05 bits per heavy atom. The Kier molecular flexibility index (Phi) is 4.69. The Hall–Kier alpha value is -2.22. The third-order valence-electron chi connectivity index (χ3n) is 2.54. The van der Waals surface area contributed by atoms with Gasteiger partial charge in [0.2, 0.25) is 5.75 Å². The van der Waals surface area contributed by atoms with Crippen molar-refractivity contribution in [2.75, 3.05) is 27.1 Å². The second kappa shape index (κ2) is 6.49. The predicted molar refractivity (Wildman–Crippen MR) is 80.3 cm³/mol. The lowest BCUT2D eigenvalue weighted by Gasteiger charge is -2.14. The number of halogens is 1. The molecule has 2 aromatic rings. The van der Waals surface area contributed by atoms with E-state index >= 15 is 0 Å². The van der Waals surface area contributed by atoms with Crippen molar-refractivity contribution in [2.24, 2.45) is 0 Å². The molecule has 0 amide bonds. The van der Waals surface area contributed by atoms with E-state index in [0.29, 0.717) is 33.4 Å². The molecule has 7 nitrogen and oxygen atoms in total. The van der Waals surface area contributed by atoms with Crippen molar-refractivity contribution in [3.8, 4) is 29.0 Å². The second-order valence-corrected chi connectivity index (χ2v) is 4.67. The number of nitrogen functional groups attached to an aromatic ring is 1. The van der Waals surface area contributed by atoms with Crippen LogP contribution in [0, 0.1) is 0 Å². The minimum Gasteiger partial charge on any atom is -0.493 e. The molecular formula is C13H14BrN3O4. The second-order valence-electron chi connectivity index (χ2n) is 3.86. The fourth-order valence-electron chi connectivity index (χ4n) is 1.68. The summed E-state index contributed by atoms with van der Waals surface area (Å²) < 4.78 is 21.8. The van der Waals surface area contributed by atoms with Crippen LogP contribution in [-0.4, -0.2) is 31.3 Å². The Morgan fingerprint density at radius 2 is 1.57 bits per heavy atom. The molecule has 2 rings (SSSR count). The van der Waals surface area contributed by atoms with Crippen molar-refractivity contribution >= 4 is 21.7 Å². The fraction of sp³-hybridized carbons (Fsp3) is 0.231. The van der Waals surface area contributed by atoms with Gasteiger partial charge >= 0.3 is 6.01 Å². The monoisotopic (exact) mass is 355 g/mol. The van der Waals surface area contributed by atoms with E-state index in [1.807, 2.05) is 0 Å². The smallest absolute Gasteiger partial charge is 0.325 e. The summed E-state index contributed by atoms with van der Waals surface area (Å²) in [6, 6.07) is 4.96. The van der Waals surface area contributed by atoms with E-state index in [-0.39, 0.29) is 6.01 Å². The maximum Gasteiger partial charge on any atom is 0.325 e. The molecule has 0 saturated heterocycles. The largest absolute Gasteiger partial charge is 0.493 e. The Balaban J connectivity index is 2.40. The van der Waals surface area contributed by atoms with Crippen LogP contribution in [0.25, 0.3) is 0 Å². The van der Waals surface area contributed by atoms with E-state index in [1.165, 1.54) is 21.3 Å². The first-order valence-electron chi connectivity index (χ1n) is 5.85. The van der Waals surface area contributed by atoms with E-state index < -0.39 is 0 Å². The van der Waals surface area contributed by atoms with Gasteiger partial charge in [-0.3, -0.25) is 0 Å². The molecule has 0 atom stereocenters. The highest BCUT2D eigenvalue weighted by Crippen LogP contribution is 2.41. The number of hydrogen-bond donors (Lipinski definition) is 1. The Morgan fingerprint density at radius 1 is 0.952 bits per heavy atom. The van der Waals surface area contributed by atoms with Crippen LogP contribution in [0.2, 0.25) is 0 Å². The molecule has 112 valence electrons. The normalized spacial score (nSPS) is 10.1. The molecule has 0 bridgehead atoms. The van der Waals surface area contributed by atoms with Crippen molar-refractivity contribution in [3.05, 3.63) is 22.8 Å². The average molecular weight is 356 g/mol. The molecule has 1 aromatic carbocycles. The van der Waals surface area contributed by atoms with Crippen molar-refractivity contribution in [2.45, 2.75) is 0 Å². The summed E-state index contributed by atoms with van der Waals surface area (Å²) in [5.41, 5.74) is 5.64. The number of nitrogens with zero attached hydrogens (tertiary/aromatic N) is 2. The molecule has 1 heterocycles. The van der Waals surface area contributed by atoms with Crippen LogP contribution >= 0.6 is 15.9 Å². The highest BCUT2D eigenvalue weighted by atomic mass is 79.9. The zero-order valence-corrected chi connectivity index (χ0v) is 13.3. The van der Waals surface area contributed by atoms with Crippen LogP contribution in [-0.2, 0) is 0 Å². The van der Waals surface area contributed by atoms with E-state index in [0.717, 1.165) is 0 Å². The van der Waals surface area contributed by atoms with Gasteiger partial charge in [0, 0.05) is 18.2 Å². The third kappa shape index (κ3) is 3.46. The van der Waals surface area contributed by atoms with Crippen LogP contribution in [0.5, 0.6) is 29.0 Å². The van der Waals surface area contributed by atoms with E-state index in [4.69, 9.17) is 24.7 Å². The summed E-state index contributed by atoms with van der Waals surface area (Å²) >= 11 is 3.22. The Labute approximate surface area is 130 Å². The number of hydrogen-bond acceptors (Lipinski definition) is 7. The van der Waals surface area contributed by atoms with Gasteiger partial charge in [-0.15, -0.1) is 0 Å². The lowest BCUT2D eigenvalue weighted by atomic mass is 10.2. The summed E-state index contributed by atoms with van der Waals surface area (Å²) in [4.78, 5) is 8.06. The molecule has 0 saturated carbocycles. The molecule has 21 heavy (non-hydrogen) atoms. The van der Waals surface area contributed by atoms with Gasteiger partial charge in [-0.05, 0) is 15.9 Å². The van der Waals surface area contributed by atoms with Crippen LogP contribution in [0.15, 0.2) is 22.8 Å². The van der Waals surface area contributed by atoms with E-state index in [9.17, 15) is 0 Å². The molecule has 0 aliphatic carbocycles. The fourth-order valence-corrected chi connectivity index (χ4v) is 2.07. The summed E-state index contributed by atoms with van der Waals surface area (Å²) in [5, 5.41) is 0. The number of rotatable bonds is 5.